The minimum atomic E-state index is -4.24. The zero-order valence-corrected chi connectivity index (χ0v) is 26.5. The molecule has 0 aliphatic carbocycles. The van der Waals surface area contributed by atoms with Gasteiger partial charge >= 0.3 is 16.3 Å². The Morgan fingerprint density at radius 2 is 1.24 bits per heavy atom. The monoisotopic (exact) mass is 622 g/mol. The molecule has 1 N–H and O–H groups in total. The normalized spacial score (nSPS) is 12.1. The highest BCUT2D eigenvalue weighted by Crippen LogP contribution is 2.40. The van der Waals surface area contributed by atoms with Crippen molar-refractivity contribution in [2.45, 2.75) is 44.9 Å². The third kappa shape index (κ3) is 7.33. The number of benzene rings is 4. The van der Waals surface area contributed by atoms with Crippen LogP contribution in [0, 0.1) is 0 Å². The Morgan fingerprint density at radius 1 is 0.778 bits per heavy atom. The predicted molar refractivity (Wildman–Crippen MR) is 176 cm³/mol. The molecule has 8 nitrogen and oxygen atoms in total. The minimum Gasteiger partial charge on any atom is -0.443 e. The Labute approximate surface area is 265 Å². The van der Waals surface area contributed by atoms with Gasteiger partial charge in [0.1, 0.15) is 11.1 Å². The Morgan fingerprint density at radius 3 is 1.71 bits per heavy atom. The molecule has 45 heavy (non-hydrogen) atoms. The van der Waals surface area contributed by atoms with E-state index in [1.165, 1.54) is 0 Å². The molecule has 1 amide bonds. The van der Waals surface area contributed by atoms with E-state index >= 15 is 0 Å². The maximum absolute atomic E-state index is 13.5. The number of ether oxygens (including phenoxy) is 1. The fourth-order valence-corrected chi connectivity index (χ4v) is 6.43. The van der Waals surface area contributed by atoms with Gasteiger partial charge in [-0.3, -0.25) is 0 Å². The SMILES string of the molecule is CC(C)(C)OC(=O)N(Cc1ccccc1)S(=O)(=O)NCCc1cn(C(c2ccccc2)(c2ccccc2)c2ccccc2)cn1. The van der Waals surface area contributed by atoms with E-state index in [0.29, 0.717) is 17.7 Å². The number of amides is 1. The second kappa shape index (κ2) is 13.5. The average molecular weight is 623 g/mol. The number of aromatic nitrogens is 2. The molecule has 0 spiro atoms. The van der Waals surface area contributed by atoms with Crippen LogP contribution in [-0.4, -0.2) is 40.5 Å². The molecule has 0 aliphatic rings. The van der Waals surface area contributed by atoms with Gasteiger partial charge in [0, 0.05) is 19.2 Å². The van der Waals surface area contributed by atoms with Crippen LogP contribution >= 0.6 is 0 Å². The number of nitrogens with one attached hydrogen (secondary N) is 1. The van der Waals surface area contributed by atoms with Crippen molar-refractivity contribution in [1.82, 2.24) is 18.6 Å². The van der Waals surface area contributed by atoms with Crippen LogP contribution in [0.1, 0.15) is 48.7 Å². The Hall–Kier alpha value is -4.73. The highest BCUT2D eigenvalue weighted by molar-refractivity contribution is 7.87. The molecule has 5 rings (SSSR count). The summed E-state index contributed by atoms with van der Waals surface area (Å²) in [6.45, 7) is 4.96. The number of carbonyl (C=O) groups excluding carboxylic acids is 1. The van der Waals surface area contributed by atoms with Crippen molar-refractivity contribution >= 4 is 16.3 Å². The van der Waals surface area contributed by atoms with E-state index in [4.69, 9.17) is 9.72 Å². The fourth-order valence-electron chi connectivity index (χ4n) is 5.36. The molecule has 4 aromatic carbocycles. The molecular weight excluding hydrogens is 584 g/mol. The largest absolute Gasteiger partial charge is 0.443 e. The number of imidazole rings is 1. The lowest BCUT2D eigenvalue weighted by Gasteiger charge is -2.37. The van der Waals surface area contributed by atoms with Crippen LogP contribution in [0.4, 0.5) is 4.79 Å². The van der Waals surface area contributed by atoms with E-state index in [0.717, 1.165) is 21.0 Å². The standard InChI is InChI=1S/C36H38N4O4S/c1-35(2,3)44-34(41)40(26-29-16-8-4-9-17-29)45(42,43)38-25-24-33-27-39(28-37-33)36(30-18-10-5-11-19-30,31-20-12-6-13-21-31)32-22-14-7-15-23-32/h4-23,27-28,38H,24-26H2,1-3H3. The first-order valence-corrected chi connectivity index (χ1v) is 16.3. The van der Waals surface area contributed by atoms with Crippen LogP contribution in [0.15, 0.2) is 134 Å². The molecule has 0 bridgehead atoms. The maximum atomic E-state index is 13.5. The third-order valence-electron chi connectivity index (χ3n) is 7.32. The Kier molecular flexibility index (Phi) is 9.51. The maximum Gasteiger partial charge on any atom is 0.425 e. The van der Waals surface area contributed by atoms with Gasteiger partial charge in [-0.05, 0) is 43.0 Å². The van der Waals surface area contributed by atoms with E-state index in [2.05, 4.69) is 45.7 Å². The lowest BCUT2D eigenvalue weighted by Crippen LogP contribution is -2.46. The van der Waals surface area contributed by atoms with Gasteiger partial charge < -0.3 is 9.30 Å². The van der Waals surface area contributed by atoms with Crippen LogP contribution < -0.4 is 4.72 Å². The van der Waals surface area contributed by atoms with Crippen LogP contribution in [0.5, 0.6) is 0 Å². The van der Waals surface area contributed by atoms with Crippen LogP contribution in [0.3, 0.4) is 0 Å². The average Bonchev–Trinajstić information content (AvgIpc) is 3.50. The summed E-state index contributed by atoms with van der Waals surface area (Å²) in [4.78, 5) is 17.7. The van der Waals surface area contributed by atoms with Gasteiger partial charge in [0.15, 0.2) is 0 Å². The Balaban J connectivity index is 1.43. The second-order valence-electron chi connectivity index (χ2n) is 11.7. The molecule has 1 heterocycles. The smallest absolute Gasteiger partial charge is 0.425 e. The van der Waals surface area contributed by atoms with Gasteiger partial charge in [0.25, 0.3) is 0 Å². The summed E-state index contributed by atoms with van der Waals surface area (Å²) in [5, 5.41) is 0. The van der Waals surface area contributed by atoms with Gasteiger partial charge in [0.05, 0.1) is 18.6 Å². The molecule has 0 unspecified atom stereocenters. The van der Waals surface area contributed by atoms with E-state index in [-0.39, 0.29) is 13.1 Å². The Bertz CT molecular complexity index is 1690. The lowest BCUT2D eigenvalue weighted by molar-refractivity contribution is 0.0379. The predicted octanol–water partition coefficient (Wildman–Crippen LogP) is 6.54. The van der Waals surface area contributed by atoms with Crippen LogP contribution in [-0.2, 0) is 33.5 Å². The third-order valence-corrected chi connectivity index (χ3v) is 8.75. The molecule has 232 valence electrons. The first-order valence-electron chi connectivity index (χ1n) is 14.8. The number of hydrogen-bond donors (Lipinski definition) is 1. The number of hydrogen-bond acceptors (Lipinski definition) is 5. The minimum absolute atomic E-state index is 0.0302. The van der Waals surface area contributed by atoms with Gasteiger partial charge in [-0.25, -0.2) is 9.78 Å². The van der Waals surface area contributed by atoms with Crippen LogP contribution in [0.25, 0.3) is 0 Å². The molecular formula is C36H38N4O4S. The first-order chi connectivity index (χ1) is 21.6. The topological polar surface area (TPSA) is 93.5 Å². The zero-order chi connectivity index (χ0) is 31.9. The van der Waals surface area contributed by atoms with Crippen molar-refractivity contribution in [1.29, 1.82) is 0 Å². The number of carbonyl (C=O) groups is 1. The quantitative estimate of drug-likeness (QED) is 0.169. The van der Waals surface area contributed by atoms with Gasteiger partial charge in [0.2, 0.25) is 0 Å². The molecule has 0 aliphatic heterocycles. The summed E-state index contributed by atoms with van der Waals surface area (Å²) >= 11 is 0. The van der Waals surface area contributed by atoms with Gasteiger partial charge in [-0.1, -0.05) is 121 Å². The molecule has 1 aromatic heterocycles. The van der Waals surface area contributed by atoms with Crippen molar-refractivity contribution in [2.24, 2.45) is 0 Å². The molecule has 0 fully saturated rings. The summed E-state index contributed by atoms with van der Waals surface area (Å²) in [5.74, 6) is 0. The summed E-state index contributed by atoms with van der Waals surface area (Å²) in [6, 6.07) is 39.7. The first kappa shape index (κ1) is 31.7. The van der Waals surface area contributed by atoms with Gasteiger partial charge in [-0.15, -0.1) is 0 Å². The molecule has 0 saturated heterocycles. The lowest BCUT2D eigenvalue weighted by atomic mass is 9.77. The van der Waals surface area contributed by atoms with Gasteiger partial charge in [-0.2, -0.15) is 17.4 Å². The van der Waals surface area contributed by atoms with Crippen molar-refractivity contribution < 1.29 is 17.9 Å². The molecule has 5 aromatic rings. The van der Waals surface area contributed by atoms with E-state index in [9.17, 15) is 13.2 Å². The molecule has 0 saturated carbocycles. The van der Waals surface area contributed by atoms with E-state index < -0.39 is 27.4 Å². The molecule has 9 heteroatoms. The molecule has 0 radical (unpaired) electrons. The van der Waals surface area contributed by atoms with Crippen LogP contribution in [0.2, 0.25) is 0 Å². The summed E-state index contributed by atoms with van der Waals surface area (Å²) in [7, 11) is -4.24. The van der Waals surface area contributed by atoms with Crippen molar-refractivity contribution in [3.63, 3.8) is 0 Å². The van der Waals surface area contributed by atoms with E-state index in [1.54, 1.807) is 51.4 Å². The zero-order valence-electron chi connectivity index (χ0n) is 25.7. The highest BCUT2D eigenvalue weighted by Gasteiger charge is 2.38. The summed E-state index contributed by atoms with van der Waals surface area (Å²) in [5.41, 5.74) is 2.93. The van der Waals surface area contributed by atoms with Crippen molar-refractivity contribution in [3.8, 4) is 0 Å². The fraction of sp³-hybridized carbons (Fsp3) is 0.222. The summed E-state index contributed by atoms with van der Waals surface area (Å²) < 4.78 is 37.8. The van der Waals surface area contributed by atoms with Crippen molar-refractivity contribution in [2.75, 3.05) is 6.54 Å². The van der Waals surface area contributed by atoms with Crippen molar-refractivity contribution in [3.05, 3.63) is 162 Å². The second-order valence-corrected chi connectivity index (χ2v) is 13.4. The number of rotatable bonds is 11. The summed E-state index contributed by atoms with van der Waals surface area (Å²) in [6.07, 6.45) is 3.10. The number of nitrogens with zero attached hydrogens (tertiary/aromatic N) is 3. The van der Waals surface area contributed by atoms with E-state index in [1.807, 2.05) is 66.9 Å². The molecule has 0 atom stereocenters. The highest BCUT2D eigenvalue weighted by atomic mass is 32.2.